The Bertz CT molecular complexity index is 420. The fourth-order valence-electron chi connectivity index (χ4n) is 1.81. The molecule has 0 aliphatic rings. The predicted molar refractivity (Wildman–Crippen MR) is 79.6 cm³/mol. The highest BCUT2D eigenvalue weighted by Crippen LogP contribution is 2.20. The fraction of sp³-hybridized carbons (Fsp3) is 0.667. The van der Waals surface area contributed by atoms with Crippen LogP contribution in [-0.4, -0.2) is 31.0 Å². The summed E-state index contributed by atoms with van der Waals surface area (Å²) in [5, 5.41) is 3.34. The molecule has 0 saturated carbocycles. The molecule has 0 spiro atoms. The highest BCUT2D eigenvalue weighted by atomic mass is 19.3. The van der Waals surface area contributed by atoms with E-state index in [9.17, 15) is 8.78 Å². The monoisotopic (exact) mass is 285 g/mol. The van der Waals surface area contributed by atoms with E-state index in [-0.39, 0.29) is 12.5 Å². The van der Waals surface area contributed by atoms with Crippen molar-refractivity contribution in [3.63, 3.8) is 0 Å². The average molecular weight is 285 g/mol. The number of nitrogens with one attached hydrogen (secondary N) is 1. The van der Waals surface area contributed by atoms with Gasteiger partial charge in [0.25, 0.3) is 6.43 Å². The molecule has 0 atom stereocenters. The van der Waals surface area contributed by atoms with E-state index in [4.69, 9.17) is 0 Å². The minimum atomic E-state index is -2.36. The number of pyridine rings is 1. The topological polar surface area (TPSA) is 28.2 Å². The number of hydrogen-bond acceptors (Lipinski definition) is 3. The second kappa shape index (κ2) is 7.53. The van der Waals surface area contributed by atoms with E-state index in [1.807, 2.05) is 12.1 Å². The normalized spacial score (nSPS) is 11.7. The number of aromatic nitrogens is 1. The van der Waals surface area contributed by atoms with Crippen LogP contribution in [0.15, 0.2) is 12.1 Å². The Morgan fingerprint density at radius 2 is 1.85 bits per heavy atom. The summed E-state index contributed by atoms with van der Waals surface area (Å²) < 4.78 is 25.0. The fourth-order valence-corrected chi connectivity index (χ4v) is 1.81. The summed E-state index contributed by atoms with van der Waals surface area (Å²) in [5.41, 5.74) is 2.01. The number of halogens is 2. The zero-order valence-corrected chi connectivity index (χ0v) is 13.0. The van der Waals surface area contributed by atoms with Crippen molar-refractivity contribution in [3.05, 3.63) is 23.4 Å². The summed E-state index contributed by atoms with van der Waals surface area (Å²) in [7, 11) is 1.65. The third-order valence-corrected chi connectivity index (χ3v) is 3.00. The molecule has 0 saturated heterocycles. The van der Waals surface area contributed by atoms with Crippen LogP contribution in [0.4, 0.5) is 14.6 Å². The molecule has 0 fully saturated rings. The SMILES string of the molecule is CC(C)NCc1cc(C(C)C)nc(N(C)CC(F)F)c1. The van der Waals surface area contributed by atoms with E-state index in [2.05, 4.69) is 38.0 Å². The van der Waals surface area contributed by atoms with Crippen LogP contribution in [0.25, 0.3) is 0 Å². The number of anilines is 1. The molecule has 114 valence electrons. The number of rotatable bonds is 7. The van der Waals surface area contributed by atoms with Gasteiger partial charge in [-0.15, -0.1) is 0 Å². The second-order valence-electron chi connectivity index (χ2n) is 5.72. The zero-order chi connectivity index (χ0) is 15.3. The van der Waals surface area contributed by atoms with E-state index in [1.165, 1.54) is 4.90 Å². The number of nitrogens with zero attached hydrogens (tertiary/aromatic N) is 2. The molecule has 0 aliphatic carbocycles. The van der Waals surface area contributed by atoms with Crippen molar-refractivity contribution in [2.75, 3.05) is 18.5 Å². The van der Waals surface area contributed by atoms with Gasteiger partial charge in [-0.1, -0.05) is 27.7 Å². The van der Waals surface area contributed by atoms with Gasteiger partial charge in [-0.3, -0.25) is 0 Å². The largest absolute Gasteiger partial charge is 0.354 e. The number of hydrogen-bond donors (Lipinski definition) is 1. The van der Waals surface area contributed by atoms with Crippen LogP contribution in [0, 0.1) is 0 Å². The van der Waals surface area contributed by atoms with E-state index in [0.29, 0.717) is 11.9 Å². The summed E-state index contributed by atoms with van der Waals surface area (Å²) in [6.45, 7) is 8.68. The maximum absolute atomic E-state index is 12.5. The maximum Gasteiger partial charge on any atom is 0.255 e. The molecule has 0 bridgehead atoms. The van der Waals surface area contributed by atoms with E-state index in [0.717, 1.165) is 17.8 Å². The molecule has 0 radical (unpaired) electrons. The van der Waals surface area contributed by atoms with Crippen LogP contribution < -0.4 is 10.2 Å². The Balaban J connectivity index is 2.97. The van der Waals surface area contributed by atoms with E-state index < -0.39 is 6.43 Å². The van der Waals surface area contributed by atoms with Crippen LogP contribution in [0.2, 0.25) is 0 Å². The van der Waals surface area contributed by atoms with Gasteiger partial charge in [0, 0.05) is 25.3 Å². The van der Waals surface area contributed by atoms with Gasteiger partial charge in [0.15, 0.2) is 0 Å². The van der Waals surface area contributed by atoms with Crippen LogP contribution in [0.5, 0.6) is 0 Å². The summed E-state index contributed by atoms with van der Waals surface area (Å²) in [4.78, 5) is 5.99. The summed E-state index contributed by atoms with van der Waals surface area (Å²) in [6.07, 6.45) is -2.36. The Morgan fingerprint density at radius 1 is 1.20 bits per heavy atom. The lowest BCUT2D eigenvalue weighted by Gasteiger charge is -2.21. The Hall–Kier alpha value is -1.23. The van der Waals surface area contributed by atoms with E-state index in [1.54, 1.807) is 7.05 Å². The van der Waals surface area contributed by atoms with Crippen molar-refractivity contribution in [1.82, 2.24) is 10.3 Å². The molecule has 20 heavy (non-hydrogen) atoms. The Morgan fingerprint density at radius 3 is 2.35 bits per heavy atom. The molecule has 1 aromatic rings. The lowest BCUT2D eigenvalue weighted by molar-refractivity contribution is 0.156. The summed E-state index contributed by atoms with van der Waals surface area (Å²) in [5.74, 6) is 0.879. The third kappa shape index (κ3) is 5.41. The van der Waals surface area contributed by atoms with Crippen LogP contribution in [0.1, 0.15) is 44.9 Å². The average Bonchev–Trinajstić information content (AvgIpc) is 2.35. The van der Waals surface area contributed by atoms with Crippen LogP contribution in [0.3, 0.4) is 0 Å². The molecule has 0 aromatic carbocycles. The number of alkyl halides is 2. The molecule has 1 aromatic heterocycles. The van der Waals surface area contributed by atoms with Gasteiger partial charge in [0.2, 0.25) is 0 Å². The van der Waals surface area contributed by atoms with Gasteiger partial charge in [-0.05, 0) is 23.6 Å². The highest BCUT2D eigenvalue weighted by Gasteiger charge is 2.13. The quantitative estimate of drug-likeness (QED) is 0.832. The zero-order valence-electron chi connectivity index (χ0n) is 13.0. The molecule has 1 N–H and O–H groups in total. The van der Waals surface area contributed by atoms with Gasteiger partial charge in [-0.2, -0.15) is 0 Å². The second-order valence-corrected chi connectivity index (χ2v) is 5.72. The lowest BCUT2D eigenvalue weighted by atomic mass is 10.1. The predicted octanol–water partition coefficient (Wildman–Crippen LogP) is 3.40. The van der Waals surface area contributed by atoms with Crippen molar-refractivity contribution >= 4 is 5.82 Å². The van der Waals surface area contributed by atoms with Crippen molar-refractivity contribution in [1.29, 1.82) is 0 Å². The molecule has 0 aliphatic heterocycles. The molecule has 0 amide bonds. The molecule has 1 heterocycles. The Kier molecular flexibility index (Phi) is 6.33. The van der Waals surface area contributed by atoms with Crippen molar-refractivity contribution < 1.29 is 8.78 Å². The first-order valence-electron chi connectivity index (χ1n) is 7.03. The molecule has 3 nitrogen and oxygen atoms in total. The van der Waals surface area contributed by atoms with Gasteiger partial charge < -0.3 is 10.2 Å². The van der Waals surface area contributed by atoms with Gasteiger partial charge in [0.05, 0.1) is 6.54 Å². The molecule has 1 rings (SSSR count). The van der Waals surface area contributed by atoms with Crippen LogP contribution in [-0.2, 0) is 6.54 Å². The third-order valence-electron chi connectivity index (χ3n) is 3.00. The molecule has 5 heteroatoms. The molecular formula is C15H25F2N3. The van der Waals surface area contributed by atoms with Crippen molar-refractivity contribution in [3.8, 4) is 0 Å². The highest BCUT2D eigenvalue weighted by molar-refractivity contribution is 5.42. The minimum Gasteiger partial charge on any atom is -0.354 e. The summed E-state index contributed by atoms with van der Waals surface area (Å²) >= 11 is 0. The smallest absolute Gasteiger partial charge is 0.255 e. The standard InChI is InChI=1S/C15H25F2N3/c1-10(2)13-6-12(8-18-11(3)4)7-15(19-13)20(5)9-14(16)17/h6-7,10-11,14,18H,8-9H2,1-5H3. The Labute approximate surface area is 120 Å². The summed E-state index contributed by atoms with van der Waals surface area (Å²) in [6, 6.07) is 4.30. The van der Waals surface area contributed by atoms with Crippen LogP contribution >= 0.6 is 0 Å². The van der Waals surface area contributed by atoms with Crippen molar-refractivity contribution in [2.45, 2.75) is 52.6 Å². The van der Waals surface area contributed by atoms with Gasteiger partial charge in [0.1, 0.15) is 5.82 Å². The first-order valence-corrected chi connectivity index (χ1v) is 7.03. The maximum atomic E-state index is 12.5. The van der Waals surface area contributed by atoms with Crippen molar-refractivity contribution in [2.24, 2.45) is 0 Å². The lowest BCUT2D eigenvalue weighted by Crippen LogP contribution is -2.26. The first kappa shape index (κ1) is 16.8. The van der Waals surface area contributed by atoms with Gasteiger partial charge in [-0.25, -0.2) is 13.8 Å². The molecular weight excluding hydrogens is 260 g/mol. The minimum absolute atomic E-state index is 0.271. The van der Waals surface area contributed by atoms with Gasteiger partial charge >= 0.3 is 0 Å². The molecule has 0 unspecified atom stereocenters. The first-order chi connectivity index (χ1) is 9.29. The van der Waals surface area contributed by atoms with E-state index >= 15 is 0 Å².